The number of hydrogen-bond acceptors (Lipinski definition) is 1. The van der Waals surface area contributed by atoms with E-state index in [9.17, 15) is 0 Å². The Hall–Kier alpha value is -0.0400. The summed E-state index contributed by atoms with van der Waals surface area (Å²) in [6.45, 7) is 7.22. The van der Waals surface area contributed by atoms with Crippen LogP contribution in [0.4, 0.5) is 0 Å². The van der Waals surface area contributed by atoms with Crippen LogP contribution in [0.2, 0.25) is 0 Å². The van der Waals surface area contributed by atoms with Gasteiger partial charge in [-0.1, -0.05) is 46.5 Å². The Bertz CT molecular complexity index is 85.0. The fourth-order valence-corrected chi connectivity index (χ4v) is 2.03. The van der Waals surface area contributed by atoms with Crippen molar-refractivity contribution in [2.75, 3.05) is 6.54 Å². The van der Waals surface area contributed by atoms with Crippen LogP contribution in [0.15, 0.2) is 0 Å². The minimum Gasteiger partial charge on any atom is -0.330 e. The summed E-state index contributed by atoms with van der Waals surface area (Å²) in [7, 11) is 0. The zero-order chi connectivity index (χ0) is 9.40. The lowest BCUT2D eigenvalue weighted by Crippen LogP contribution is -2.12. The standard InChI is InChI=1S/C9H19N.C2H6/c1-8(6-7-10)9-4-2-3-5-9;1-2/h8-9H,2-7,10H2,1H3;1-2H3. The van der Waals surface area contributed by atoms with Gasteiger partial charge in [-0.25, -0.2) is 0 Å². The largest absolute Gasteiger partial charge is 0.330 e. The average Bonchev–Trinajstić information content (AvgIpc) is 2.60. The van der Waals surface area contributed by atoms with E-state index in [2.05, 4.69) is 6.92 Å². The van der Waals surface area contributed by atoms with Gasteiger partial charge >= 0.3 is 0 Å². The molecule has 74 valence electrons. The Morgan fingerprint density at radius 3 is 2.17 bits per heavy atom. The molecular formula is C11H25N. The molecule has 0 amide bonds. The van der Waals surface area contributed by atoms with Crippen molar-refractivity contribution in [3.8, 4) is 0 Å². The molecule has 1 saturated carbocycles. The molecule has 0 spiro atoms. The first-order valence-electron chi connectivity index (χ1n) is 5.54. The molecule has 1 heteroatoms. The molecule has 0 aromatic rings. The topological polar surface area (TPSA) is 26.0 Å². The van der Waals surface area contributed by atoms with E-state index in [4.69, 9.17) is 5.73 Å². The van der Waals surface area contributed by atoms with E-state index in [0.717, 1.165) is 18.4 Å². The Labute approximate surface area is 77.7 Å². The molecule has 0 heterocycles. The van der Waals surface area contributed by atoms with Gasteiger partial charge in [-0.3, -0.25) is 0 Å². The van der Waals surface area contributed by atoms with Gasteiger partial charge in [-0.2, -0.15) is 0 Å². The smallest absolute Gasteiger partial charge is 0.00746 e. The van der Waals surface area contributed by atoms with Crippen molar-refractivity contribution in [2.45, 2.75) is 52.9 Å². The second kappa shape index (κ2) is 7.60. The molecule has 1 aliphatic carbocycles. The van der Waals surface area contributed by atoms with Crippen molar-refractivity contribution in [3.63, 3.8) is 0 Å². The lowest BCUT2D eigenvalue weighted by Gasteiger charge is -2.16. The average molecular weight is 171 g/mol. The Morgan fingerprint density at radius 1 is 1.25 bits per heavy atom. The first kappa shape index (κ1) is 12.0. The van der Waals surface area contributed by atoms with E-state index in [1.165, 1.54) is 32.1 Å². The maximum Gasteiger partial charge on any atom is -0.00746 e. The fourth-order valence-electron chi connectivity index (χ4n) is 2.03. The van der Waals surface area contributed by atoms with Crippen molar-refractivity contribution in [1.29, 1.82) is 0 Å². The number of rotatable bonds is 3. The van der Waals surface area contributed by atoms with Gasteiger partial charge in [0.25, 0.3) is 0 Å². The quantitative estimate of drug-likeness (QED) is 0.693. The summed E-state index contributed by atoms with van der Waals surface area (Å²) >= 11 is 0. The molecule has 1 atom stereocenters. The molecule has 0 aromatic carbocycles. The third kappa shape index (κ3) is 4.10. The molecule has 2 N–H and O–H groups in total. The monoisotopic (exact) mass is 171 g/mol. The van der Waals surface area contributed by atoms with E-state index in [1.54, 1.807) is 0 Å². The summed E-state index contributed by atoms with van der Waals surface area (Å²) in [5.74, 6) is 1.89. The molecule has 1 fully saturated rings. The van der Waals surface area contributed by atoms with Crippen LogP contribution < -0.4 is 5.73 Å². The van der Waals surface area contributed by atoms with E-state index in [1.807, 2.05) is 13.8 Å². The second-order valence-corrected chi connectivity index (χ2v) is 3.60. The van der Waals surface area contributed by atoms with Crippen LogP contribution >= 0.6 is 0 Å². The molecule has 0 radical (unpaired) electrons. The summed E-state index contributed by atoms with van der Waals surface area (Å²) in [5.41, 5.74) is 5.50. The van der Waals surface area contributed by atoms with Crippen LogP contribution in [-0.4, -0.2) is 6.54 Å². The van der Waals surface area contributed by atoms with Crippen LogP contribution in [-0.2, 0) is 0 Å². The van der Waals surface area contributed by atoms with E-state index in [-0.39, 0.29) is 0 Å². The summed E-state index contributed by atoms with van der Waals surface area (Å²) in [4.78, 5) is 0. The van der Waals surface area contributed by atoms with Crippen molar-refractivity contribution < 1.29 is 0 Å². The molecule has 0 aromatic heterocycles. The van der Waals surface area contributed by atoms with Crippen molar-refractivity contribution >= 4 is 0 Å². The highest BCUT2D eigenvalue weighted by molar-refractivity contribution is 4.72. The van der Waals surface area contributed by atoms with Crippen molar-refractivity contribution in [2.24, 2.45) is 17.6 Å². The maximum absolute atomic E-state index is 5.50. The molecule has 1 rings (SSSR count). The lowest BCUT2D eigenvalue weighted by molar-refractivity contribution is 0.350. The molecule has 12 heavy (non-hydrogen) atoms. The predicted molar refractivity (Wildman–Crippen MR) is 56.1 cm³/mol. The Morgan fingerprint density at radius 2 is 1.75 bits per heavy atom. The van der Waals surface area contributed by atoms with E-state index in [0.29, 0.717) is 0 Å². The Kier molecular flexibility index (Phi) is 7.58. The number of nitrogens with two attached hydrogens (primary N) is 1. The molecule has 1 unspecified atom stereocenters. The van der Waals surface area contributed by atoms with Crippen LogP contribution in [0.5, 0.6) is 0 Å². The van der Waals surface area contributed by atoms with Crippen LogP contribution in [0.3, 0.4) is 0 Å². The van der Waals surface area contributed by atoms with Crippen LogP contribution in [0.1, 0.15) is 52.9 Å². The summed E-state index contributed by atoms with van der Waals surface area (Å²) in [5, 5.41) is 0. The first-order chi connectivity index (χ1) is 5.84. The highest BCUT2D eigenvalue weighted by Gasteiger charge is 2.20. The molecule has 1 nitrogen and oxygen atoms in total. The van der Waals surface area contributed by atoms with Crippen molar-refractivity contribution in [3.05, 3.63) is 0 Å². The van der Waals surface area contributed by atoms with Crippen LogP contribution in [0.25, 0.3) is 0 Å². The second-order valence-electron chi connectivity index (χ2n) is 3.60. The van der Waals surface area contributed by atoms with Gasteiger partial charge in [-0.15, -0.1) is 0 Å². The molecule has 0 aliphatic heterocycles. The SMILES string of the molecule is CC.CC(CCN)C1CCCC1. The third-order valence-electron chi connectivity index (χ3n) is 2.83. The van der Waals surface area contributed by atoms with Gasteiger partial charge < -0.3 is 5.73 Å². The van der Waals surface area contributed by atoms with Gasteiger partial charge in [-0.05, 0) is 24.8 Å². The highest BCUT2D eigenvalue weighted by Crippen LogP contribution is 2.32. The van der Waals surface area contributed by atoms with E-state index < -0.39 is 0 Å². The minimum atomic E-state index is 0.873. The summed E-state index contributed by atoms with van der Waals surface area (Å²) in [6, 6.07) is 0. The molecule has 1 aliphatic rings. The molecular weight excluding hydrogens is 146 g/mol. The van der Waals surface area contributed by atoms with Gasteiger partial charge in [0.15, 0.2) is 0 Å². The van der Waals surface area contributed by atoms with Gasteiger partial charge in [0.2, 0.25) is 0 Å². The molecule has 0 saturated heterocycles. The minimum absolute atomic E-state index is 0.873. The van der Waals surface area contributed by atoms with Gasteiger partial charge in [0.1, 0.15) is 0 Å². The first-order valence-corrected chi connectivity index (χ1v) is 5.54. The van der Waals surface area contributed by atoms with Gasteiger partial charge in [0.05, 0.1) is 0 Å². The zero-order valence-electron chi connectivity index (χ0n) is 8.97. The van der Waals surface area contributed by atoms with Crippen LogP contribution in [0, 0.1) is 11.8 Å². The highest BCUT2D eigenvalue weighted by atomic mass is 14.5. The third-order valence-corrected chi connectivity index (χ3v) is 2.83. The predicted octanol–water partition coefficient (Wildman–Crippen LogP) is 3.19. The van der Waals surface area contributed by atoms with E-state index >= 15 is 0 Å². The zero-order valence-corrected chi connectivity index (χ0v) is 8.97. The normalized spacial score (nSPS) is 20.0. The van der Waals surface area contributed by atoms with Gasteiger partial charge in [0, 0.05) is 0 Å². The molecule has 0 bridgehead atoms. The lowest BCUT2D eigenvalue weighted by atomic mass is 9.90. The Balaban J connectivity index is 0.000000561. The van der Waals surface area contributed by atoms with Crippen molar-refractivity contribution in [1.82, 2.24) is 0 Å². The summed E-state index contributed by atoms with van der Waals surface area (Å²) < 4.78 is 0. The number of hydrogen-bond donors (Lipinski definition) is 1. The maximum atomic E-state index is 5.50. The fraction of sp³-hybridized carbons (Fsp3) is 1.00. The summed E-state index contributed by atoms with van der Waals surface area (Å²) in [6.07, 6.45) is 7.06.